The van der Waals surface area contributed by atoms with Gasteiger partial charge in [-0.05, 0) is 35.9 Å². The third kappa shape index (κ3) is 4.09. The molecule has 0 aliphatic carbocycles. The second kappa shape index (κ2) is 8.68. The highest BCUT2D eigenvalue weighted by molar-refractivity contribution is 6.42. The summed E-state index contributed by atoms with van der Waals surface area (Å²) in [6.45, 7) is 0.100. The topological polar surface area (TPSA) is 110 Å². The van der Waals surface area contributed by atoms with E-state index in [2.05, 4.69) is 5.32 Å². The van der Waals surface area contributed by atoms with Gasteiger partial charge in [-0.1, -0.05) is 35.3 Å². The van der Waals surface area contributed by atoms with Crippen LogP contribution in [0.3, 0.4) is 0 Å². The zero-order chi connectivity index (χ0) is 23.0. The molecule has 2 aliphatic heterocycles. The standard InChI is InChI=1S/C21H18Cl2N4O5/c22-16-3-1-2-12(18(16)23)8-27-19(29)15(20(30)31)9-26(21(27)32)14-6-4-13(5-7-14)25-10-17(28)24-11-25/h1-7,15H,8-11H2,(H,24,28)(H,30,31). The molecule has 2 saturated heterocycles. The van der Waals surface area contributed by atoms with Gasteiger partial charge < -0.3 is 15.3 Å². The van der Waals surface area contributed by atoms with Crippen molar-refractivity contribution in [1.29, 1.82) is 0 Å². The van der Waals surface area contributed by atoms with Gasteiger partial charge in [-0.3, -0.25) is 24.2 Å². The third-order valence-electron chi connectivity index (χ3n) is 5.38. The van der Waals surface area contributed by atoms with Crippen LogP contribution < -0.4 is 15.1 Å². The molecule has 2 fully saturated rings. The first-order valence-corrected chi connectivity index (χ1v) is 10.4. The minimum absolute atomic E-state index is 0.0848. The number of carboxylic acids is 1. The number of nitrogens with zero attached hydrogens (tertiary/aromatic N) is 3. The summed E-state index contributed by atoms with van der Waals surface area (Å²) in [5.74, 6) is -3.65. The number of carboxylic acid groups (broad SMARTS) is 1. The van der Waals surface area contributed by atoms with E-state index in [1.165, 1.54) is 4.90 Å². The van der Waals surface area contributed by atoms with Gasteiger partial charge in [0, 0.05) is 17.9 Å². The minimum atomic E-state index is -1.43. The number of urea groups is 1. The van der Waals surface area contributed by atoms with E-state index in [1.54, 1.807) is 42.5 Å². The average molecular weight is 477 g/mol. The van der Waals surface area contributed by atoms with Crippen molar-refractivity contribution >= 4 is 58.4 Å². The lowest BCUT2D eigenvalue weighted by Crippen LogP contribution is -2.58. The van der Waals surface area contributed by atoms with E-state index in [0.717, 1.165) is 10.6 Å². The number of aliphatic carboxylic acids is 1. The number of halogens is 2. The third-order valence-corrected chi connectivity index (χ3v) is 6.24. The zero-order valence-electron chi connectivity index (χ0n) is 16.6. The van der Waals surface area contributed by atoms with Gasteiger partial charge in [0.15, 0.2) is 5.92 Å². The number of hydrogen-bond donors (Lipinski definition) is 2. The number of amides is 4. The fraction of sp³-hybridized carbons (Fsp3) is 0.238. The normalized spacial score (nSPS) is 18.9. The Bertz CT molecular complexity index is 1110. The quantitative estimate of drug-likeness (QED) is 0.641. The molecule has 0 radical (unpaired) electrons. The molecule has 11 heteroatoms. The summed E-state index contributed by atoms with van der Waals surface area (Å²) < 4.78 is 0. The van der Waals surface area contributed by atoms with Gasteiger partial charge >= 0.3 is 12.0 Å². The second-order valence-corrected chi connectivity index (χ2v) is 8.18. The molecule has 2 N–H and O–H groups in total. The molecular weight excluding hydrogens is 459 g/mol. The van der Waals surface area contributed by atoms with Crippen LogP contribution >= 0.6 is 23.2 Å². The summed E-state index contributed by atoms with van der Waals surface area (Å²) in [4.78, 5) is 53.1. The monoisotopic (exact) mass is 476 g/mol. The Labute approximate surface area is 193 Å². The smallest absolute Gasteiger partial charge is 0.331 e. The molecule has 166 valence electrons. The Balaban J connectivity index is 1.62. The van der Waals surface area contributed by atoms with E-state index < -0.39 is 23.8 Å². The van der Waals surface area contributed by atoms with Crippen LogP contribution in [-0.2, 0) is 20.9 Å². The summed E-state index contributed by atoms with van der Waals surface area (Å²) in [6, 6.07) is 10.9. The lowest BCUT2D eigenvalue weighted by atomic mass is 10.0. The van der Waals surface area contributed by atoms with Crippen molar-refractivity contribution in [2.24, 2.45) is 5.92 Å². The van der Waals surface area contributed by atoms with E-state index in [0.29, 0.717) is 17.9 Å². The molecule has 2 aromatic rings. The molecule has 0 bridgehead atoms. The molecule has 2 heterocycles. The summed E-state index contributed by atoms with van der Waals surface area (Å²) in [6.07, 6.45) is 0. The summed E-state index contributed by atoms with van der Waals surface area (Å²) in [5, 5.41) is 12.7. The van der Waals surface area contributed by atoms with Crippen molar-refractivity contribution in [1.82, 2.24) is 10.2 Å². The number of anilines is 2. The van der Waals surface area contributed by atoms with Crippen molar-refractivity contribution in [2.45, 2.75) is 6.54 Å². The Morgan fingerprint density at radius 2 is 1.75 bits per heavy atom. The zero-order valence-corrected chi connectivity index (χ0v) is 18.1. The average Bonchev–Trinajstić information content (AvgIpc) is 3.20. The molecule has 32 heavy (non-hydrogen) atoms. The number of nitrogens with one attached hydrogen (secondary N) is 1. The number of imide groups is 1. The molecule has 0 spiro atoms. The number of benzene rings is 2. The van der Waals surface area contributed by atoms with Crippen LogP contribution in [0.15, 0.2) is 42.5 Å². The van der Waals surface area contributed by atoms with Crippen LogP contribution in [0.25, 0.3) is 0 Å². The van der Waals surface area contributed by atoms with Gasteiger partial charge in [0.25, 0.3) is 0 Å². The molecule has 1 unspecified atom stereocenters. The van der Waals surface area contributed by atoms with Gasteiger partial charge in [-0.2, -0.15) is 0 Å². The van der Waals surface area contributed by atoms with Crippen LogP contribution in [0.5, 0.6) is 0 Å². The van der Waals surface area contributed by atoms with E-state index >= 15 is 0 Å². The minimum Gasteiger partial charge on any atom is -0.481 e. The van der Waals surface area contributed by atoms with Crippen molar-refractivity contribution in [2.75, 3.05) is 29.6 Å². The Hall–Kier alpha value is -3.30. The number of carbonyl (C=O) groups excluding carboxylic acids is 3. The lowest BCUT2D eigenvalue weighted by Gasteiger charge is -2.37. The first-order chi connectivity index (χ1) is 15.3. The first-order valence-electron chi connectivity index (χ1n) is 9.66. The Kier molecular flexibility index (Phi) is 5.94. The van der Waals surface area contributed by atoms with E-state index in [-0.39, 0.29) is 35.6 Å². The van der Waals surface area contributed by atoms with Gasteiger partial charge in [-0.15, -0.1) is 0 Å². The fourth-order valence-electron chi connectivity index (χ4n) is 3.65. The highest BCUT2D eigenvalue weighted by Gasteiger charge is 2.43. The maximum absolute atomic E-state index is 13.2. The van der Waals surface area contributed by atoms with Crippen molar-refractivity contribution < 1.29 is 24.3 Å². The fourth-order valence-corrected chi connectivity index (χ4v) is 4.03. The van der Waals surface area contributed by atoms with Crippen LogP contribution in [-0.4, -0.2) is 53.6 Å². The lowest BCUT2D eigenvalue weighted by molar-refractivity contribution is -0.150. The number of hydrogen-bond acceptors (Lipinski definition) is 5. The van der Waals surface area contributed by atoms with Gasteiger partial charge in [0.05, 0.1) is 29.8 Å². The first kappa shape index (κ1) is 21.9. The molecule has 0 saturated carbocycles. The Morgan fingerprint density at radius 1 is 1.06 bits per heavy atom. The van der Waals surface area contributed by atoms with Crippen LogP contribution in [0.1, 0.15) is 5.56 Å². The van der Waals surface area contributed by atoms with Crippen LogP contribution in [0, 0.1) is 5.92 Å². The molecule has 2 aromatic carbocycles. The SMILES string of the molecule is O=C1CN(c2ccc(N3CC(C(=O)O)C(=O)N(Cc4cccc(Cl)c4Cl)C3=O)cc2)CN1. The molecule has 0 aromatic heterocycles. The summed E-state index contributed by atoms with van der Waals surface area (Å²) >= 11 is 12.2. The van der Waals surface area contributed by atoms with Crippen molar-refractivity contribution in [3.63, 3.8) is 0 Å². The molecule has 1 atom stereocenters. The predicted octanol–water partition coefficient (Wildman–Crippen LogP) is 2.56. The van der Waals surface area contributed by atoms with Crippen molar-refractivity contribution in [3.05, 3.63) is 58.1 Å². The van der Waals surface area contributed by atoms with Crippen LogP contribution in [0.2, 0.25) is 10.0 Å². The largest absolute Gasteiger partial charge is 0.481 e. The van der Waals surface area contributed by atoms with E-state index in [1.807, 2.05) is 4.90 Å². The molecule has 2 aliphatic rings. The molecular formula is C21H18Cl2N4O5. The van der Waals surface area contributed by atoms with Crippen molar-refractivity contribution in [3.8, 4) is 0 Å². The van der Waals surface area contributed by atoms with Gasteiger partial charge in [0.2, 0.25) is 11.8 Å². The molecule has 4 rings (SSSR count). The van der Waals surface area contributed by atoms with E-state index in [9.17, 15) is 24.3 Å². The van der Waals surface area contributed by atoms with E-state index in [4.69, 9.17) is 23.2 Å². The van der Waals surface area contributed by atoms with Crippen LogP contribution in [0.4, 0.5) is 16.2 Å². The maximum atomic E-state index is 13.2. The summed E-state index contributed by atoms with van der Waals surface area (Å²) in [7, 11) is 0. The summed E-state index contributed by atoms with van der Waals surface area (Å²) in [5.41, 5.74) is 1.62. The number of carbonyl (C=O) groups is 4. The maximum Gasteiger partial charge on any atom is 0.331 e. The highest BCUT2D eigenvalue weighted by atomic mass is 35.5. The highest BCUT2D eigenvalue weighted by Crippen LogP contribution is 2.30. The molecule has 9 nitrogen and oxygen atoms in total. The second-order valence-electron chi connectivity index (χ2n) is 7.39. The molecule has 4 amide bonds. The number of rotatable bonds is 5. The van der Waals surface area contributed by atoms with Gasteiger partial charge in [-0.25, -0.2) is 4.79 Å². The predicted molar refractivity (Wildman–Crippen MR) is 118 cm³/mol. The Morgan fingerprint density at radius 3 is 2.38 bits per heavy atom. The van der Waals surface area contributed by atoms with Gasteiger partial charge in [0.1, 0.15) is 0 Å².